The molecular weight excluding hydrogens is 262 g/mol. The summed E-state index contributed by atoms with van der Waals surface area (Å²) in [5, 5.41) is 36.6. The molecule has 3 N–H and O–H groups in total. The zero-order chi connectivity index (χ0) is 14.3. The number of aromatic nitrogens is 3. The van der Waals surface area contributed by atoms with E-state index in [-0.39, 0.29) is 18.0 Å². The first-order valence-corrected chi connectivity index (χ1v) is 6.24. The number of rotatable bonds is 2. The van der Waals surface area contributed by atoms with E-state index < -0.39 is 11.9 Å². The van der Waals surface area contributed by atoms with Crippen LogP contribution >= 0.6 is 0 Å². The van der Waals surface area contributed by atoms with E-state index in [4.69, 9.17) is 5.11 Å². The van der Waals surface area contributed by atoms with Gasteiger partial charge >= 0.3 is 5.97 Å². The van der Waals surface area contributed by atoms with Crippen molar-refractivity contribution in [2.75, 3.05) is 0 Å². The number of phenolic OH excluding ortho intramolecular Hbond substituents is 2. The summed E-state index contributed by atoms with van der Waals surface area (Å²) in [6.45, 7) is 0.266. The Labute approximate surface area is 114 Å². The average molecular weight is 275 g/mol. The van der Waals surface area contributed by atoms with E-state index >= 15 is 0 Å². The molecule has 3 rings (SSSR count). The molecule has 104 valence electrons. The van der Waals surface area contributed by atoms with Crippen LogP contribution in [0, 0.1) is 5.92 Å². The Balaban J connectivity index is 2.07. The highest BCUT2D eigenvalue weighted by Crippen LogP contribution is 2.36. The second kappa shape index (κ2) is 4.52. The highest BCUT2D eigenvalue weighted by Gasteiger charge is 2.28. The molecule has 0 saturated heterocycles. The summed E-state index contributed by atoms with van der Waals surface area (Å²) in [4.78, 5) is 11.1. The first kappa shape index (κ1) is 12.5. The predicted molar refractivity (Wildman–Crippen MR) is 68.2 cm³/mol. The summed E-state index contributed by atoms with van der Waals surface area (Å²) in [5.41, 5.74) is 0.342. The van der Waals surface area contributed by atoms with Crippen LogP contribution in [-0.4, -0.2) is 36.1 Å². The number of carboxylic acids is 1. The minimum atomic E-state index is -0.851. The molecule has 7 nitrogen and oxygen atoms in total. The quantitative estimate of drug-likeness (QED) is 0.706. The average Bonchev–Trinajstić information content (AvgIpc) is 2.84. The maximum atomic E-state index is 11.1. The van der Waals surface area contributed by atoms with Gasteiger partial charge in [0.25, 0.3) is 0 Å². The molecule has 1 aliphatic rings. The van der Waals surface area contributed by atoms with Crippen molar-refractivity contribution >= 4 is 5.97 Å². The van der Waals surface area contributed by atoms with E-state index in [1.165, 1.54) is 6.07 Å². The Kier molecular flexibility index (Phi) is 2.81. The molecule has 2 aromatic rings. The zero-order valence-electron chi connectivity index (χ0n) is 10.5. The molecule has 0 saturated carbocycles. The minimum Gasteiger partial charge on any atom is -0.504 e. The molecule has 20 heavy (non-hydrogen) atoms. The van der Waals surface area contributed by atoms with Gasteiger partial charge in [-0.2, -0.15) is 0 Å². The summed E-state index contributed by atoms with van der Waals surface area (Å²) in [6, 6.07) is 4.56. The van der Waals surface area contributed by atoms with E-state index in [0.717, 1.165) is 0 Å². The topological polar surface area (TPSA) is 108 Å². The predicted octanol–water partition coefficient (Wildman–Crippen LogP) is 1.00. The van der Waals surface area contributed by atoms with Gasteiger partial charge in [-0.3, -0.25) is 4.79 Å². The third-order valence-corrected chi connectivity index (χ3v) is 3.55. The summed E-state index contributed by atoms with van der Waals surface area (Å²) in [5.74, 6) is -0.794. The number of fused-ring (bicyclic) bond motifs is 1. The molecule has 1 aromatic carbocycles. The normalized spacial score (nSPS) is 17.7. The van der Waals surface area contributed by atoms with Crippen molar-refractivity contribution in [3.05, 3.63) is 24.0 Å². The molecule has 0 fully saturated rings. The number of hydrogen-bond donors (Lipinski definition) is 3. The number of aryl methyl sites for hydroxylation is 1. The fourth-order valence-electron chi connectivity index (χ4n) is 2.44. The van der Waals surface area contributed by atoms with E-state index in [0.29, 0.717) is 30.1 Å². The summed E-state index contributed by atoms with van der Waals surface area (Å²) >= 11 is 0. The smallest absolute Gasteiger partial charge is 0.308 e. The van der Waals surface area contributed by atoms with E-state index in [1.54, 1.807) is 16.7 Å². The molecule has 1 aromatic heterocycles. The van der Waals surface area contributed by atoms with Crippen molar-refractivity contribution in [1.29, 1.82) is 0 Å². The third kappa shape index (κ3) is 1.87. The molecule has 0 bridgehead atoms. The number of aliphatic carboxylic acids is 1. The number of para-hydroxylation sites is 1. The van der Waals surface area contributed by atoms with E-state index in [1.807, 2.05) is 0 Å². The second-order valence-electron chi connectivity index (χ2n) is 4.80. The van der Waals surface area contributed by atoms with Gasteiger partial charge in [0.2, 0.25) is 0 Å². The van der Waals surface area contributed by atoms with Gasteiger partial charge in [-0.25, -0.2) is 0 Å². The number of nitrogens with zero attached hydrogens (tertiary/aromatic N) is 3. The first-order valence-electron chi connectivity index (χ1n) is 6.24. The molecule has 1 unspecified atom stereocenters. The number of aromatic hydroxyl groups is 2. The lowest BCUT2D eigenvalue weighted by molar-refractivity contribution is -0.142. The van der Waals surface area contributed by atoms with Crippen molar-refractivity contribution in [2.45, 2.75) is 19.4 Å². The van der Waals surface area contributed by atoms with Crippen molar-refractivity contribution < 1.29 is 20.1 Å². The summed E-state index contributed by atoms with van der Waals surface area (Å²) in [7, 11) is 0. The number of carbonyl (C=O) groups is 1. The monoisotopic (exact) mass is 275 g/mol. The molecule has 1 aliphatic heterocycles. The molecular formula is C13H13N3O4. The van der Waals surface area contributed by atoms with Crippen LogP contribution in [0.4, 0.5) is 0 Å². The summed E-state index contributed by atoms with van der Waals surface area (Å²) < 4.78 is 1.69. The lowest BCUT2D eigenvalue weighted by Crippen LogP contribution is -2.27. The van der Waals surface area contributed by atoms with Crippen LogP contribution < -0.4 is 0 Å². The van der Waals surface area contributed by atoms with Gasteiger partial charge in [-0.1, -0.05) is 6.07 Å². The van der Waals surface area contributed by atoms with Gasteiger partial charge in [0.15, 0.2) is 17.3 Å². The van der Waals surface area contributed by atoms with Gasteiger partial charge in [0.1, 0.15) is 5.82 Å². The molecule has 0 aliphatic carbocycles. The maximum absolute atomic E-state index is 11.1. The fraction of sp³-hybridized carbons (Fsp3) is 0.308. The van der Waals surface area contributed by atoms with Crippen LogP contribution in [0.3, 0.4) is 0 Å². The Morgan fingerprint density at radius 3 is 2.85 bits per heavy atom. The van der Waals surface area contributed by atoms with Gasteiger partial charge < -0.3 is 19.9 Å². The lowest BCUT2D eigenvalue weighted by Gasteiger charge is -2.21. The molecule has 0 radical (unpaired) electrons. The lowest BCUT2D eigenvalue weighted by atomic mass is 9.99. The highest BCUT2D eigenvalue weighted by molar-refractivity contribution is 5.71. The first-order chi connectivity index (χ1) is 9.58. The van der Waals surface area contributed by atoms with E-state index in [2.05, 4.69) is 10.2 Å². The third-order valence-electron chi connectivity index (χ3n) is 3.55. The number of phenols is 2. The van der Waals surface area contributed by atoms with Crippen molar-refractivity contribution in [3.63, 3.8) is 0 Å². The molecule has 1 atom stereocenters. The molecule has 0 spiro atoms. The van der Waals surface area contributed by atoms with Crippen LogP contribution in [0.1, 0.15) is 12.2 Å². The standard InChI is InChI=1S/C13H13N3O4/c17-9-3-1-2-8(11(9)18)12-15-14-10-5-4-7(13(19)20)6-16(10)12/h1-3,7,17-18H,4-6H2,(H,19,20). The SMILES string of the molecule is O=C(O)C1CCc2nnc(-c3cccc(O)c3O)n2C1. The van der Waals surface area contributed by atoms with Gasteiger partial charge in [0, 0.05) is 13.0 Å². The Morgan fingerprint density at radius 2 is 2.10 bits per heavy atom. The Hall–Kier alpha value is -2.57. The van der Waals surface area contributed by atoms with Crippen LogP contribution in [-0.2, 0) is 17.8 Å². The molecule has 0 amide bonds. The largest absolute Gasteiger partial charge is 0.504 e. The van der Waals surface area contributed by atoms with E-state index in [9.17, 15) is 15.0 Å². The second-order valence-corrected chi connectivity index (χ2v) is 4.80. The minimum absolute atomic E-state index is 0.245. The maximum Gasteiger partial charge on any atom is 0.308 e. The van der Waals surface area contributed by atoms with Crippen molar-refractivity contribution in [2.24, 2.45) is 5.92 Å². The van der Waals surface area contributed by atoms with Crippen molar-refractivity contribution in [3.8, 4) is 22.9 Å². The van der Waals surface area contributed by atoms with Crippen LogP contribution in [0.5, 0.6) is 11.5 Å². The highest BCUT2D eigenvalue weighted by atomic mass is 16.4. The van der Waals surface area contributed by atoms with Crippen LogP contribution in [0.2, 0.25) is 0 Å². The van der Waals surface area contributed by atoms with Gasteiger partial charge in [-0.05, 0) is 18.6 Å². The molecule has 2 heterocycles. The fourth-order valence-corrected chi connectivity index (χ4v) is 2.44. The van der Waals surface area contributed by atoms with Crippen molar-refractivity contribution in [1.82, 2.24) is 14.8 Å². The number of benzene rings is 1. The number of hydrogen-bond acceptors (Lipinski definition) is 5. The zero-order valence-corrected chi connectivity index (χ0v) is 10.5. The van der Waals surface area contributed by atoms with Gasteiger partial charge in [-0.15, -0.1) is 10.2 Å². The Morgan fingerprint density at radius 1 is 1.30 bits per heavy atom. The molecule has 7 heteroatoms. The Bertz CT molecular complexity index is 680. The van der Waals surface area contributed by atoms with Crippen LogP contribution in [0.25, 0.3) is 11.4 Å². The number of carboxylic acid groups (broad SMARTS) is 1. The van der Waals surface area contributed by atoms with Gasteiger partial charge in [0.05, 0.1) is 11.5 Å². The summed E-state index contributed by atoms with van der Waals surface area (Å²) in [6.07, 6.45) is 1.06. The van der Waals surface area contributed by atoms with Crippen LogP contribution in [0.15, 0.2) is 18.2 Å².